The van der Waals surface area contributed by atoms with Crippen LogP contribution in [0.4, 0.5) is 0 Å². The number of nitrogens with one attached hydrogen (secondary N) is 9. The Kier molecular flexibility index (Phi) is 25.5. The van der Waals surface area contributed by atoms with Crippen LogP contribution in [-0.2, 0) is 56.0 Å². The van der Waals surface area contributed by atoms with Crippen LogP contribution < -0.4 is 43.0 Å². The minimum absolute atomic E-state index is 0.0181. The number of aliphatic carboxylic acids is 1. The Morgan fingerprint density at radius 3 is 1.76 bits per heavy atom. The molecule has 398 valence electrons. The fraction of sp³-hybridized carbons (Fsp3) is 0.608. The van der Waals surface area contributed by atoms with E-state index in [-0.39, 0.29) is 38.0 Å². The highest BCUT2D eigenvalue weighted by atomic mass is 16.4. The number of benzene rings is 1. The number of hydrogen-bond donors (Lipinski definition) is 11. The molecule has 0 aliphatic heterocycles. The second kappa shape index (κ2) is 30.8. The number of carboxylic acid groups (broad SMARTS) is 1. The summed E-state index contributed by atoms with van der Waals surface area (Å²) < 4.78 is 0. The number of imidazole rings is 1. The van der Waals surface area contributed by atoms with Crippen molar-refractivity contribution in [2.75, 3.05) is 0 Å². The molecule has 1 aromatic carbocycles. The average molecular weight is 1010 g/mol. The van der Waals surface area contributed by atoms with E-state index in [0.717, 1.165) is 36.6 Å². The number of aromatic nitrogens is 3. The summed E-state index contributed by atoms with van der Waals surface area (Å²) in [6.07, 6.45) is 13.6. The third-order valence-electron chi connectivity index (χ3n) is 12.3. The maximum absolute atomic E-state index is 14.1. The first-order valence-corrected chi connectivity index (χ1v) is 25.3. The summed E-state index contributed by atoms with van der Waals surface area (Å²) in [6, 6.07) is -1.16. The molecule has 0 bridgehead atoms. The molecule has 0 fully saturated rings. The molecule has 0 spiro atoms. The molecule has 0 radical (unpaired) electrons. The molecule has 7 atom stereocenters. The summed E-state index contributed by atoms with van der Waals surface area (Å²) in [5.41, 5.74) is 7.48. The smallest absolute Gasteiger partial charge is 0.303 e. The lowest BCUT2D eigenvalue weighted by molar-refractivity contribution is -0.138. The van der Waals surface area contributed by atoms with Crippen molar-refractivity contribution in [3.05, 3.63) is 54.2 Å². The second-order valence-electron chi connectivity index (χ2n) is 19.4. The summed E-state index contributed by atoms with van der Waals surface area (Å²) >= 11 is 0. The Hall–Kier alpha value is -6.80. The van der Waals surface area contributed by atoms with Crippen molar-refractivity contribution in [3.8, 4) is 0 Å². The zero-order valence-electron chi connectivity index (χ0n) is 43.0. The van der Waals surface area contributed by atoms with E-state index in [9.17, 15) is 48.3 Å². The fourth-order valence-electron chi connectivity index (χ4n) is 8.07. The number of fused-ring (bicyclic) bond motifs is 1. The van der Waals surface area contributed by atoms with Crippen LogP contribution in [0.5, 0.6) is 0 Å². The van der Waals surface area contributed by atoms with E-state index in [1.807, 2.05) is 38.1 Å². The number of H-pyrrole nitrogens is 2. The van der Waals surface area contributed by atoms with Gasteiger partial charge in [0.1, 0.15) is 42.3 Å². The van der Waals surface area contributed by atoms with Gasteiger partial charge in [0.25, 0.3) is 0 Å². The van der Waals surface area contributed by atoms with E-state index in [4.69, 9.17) is 5.73 Å². The molecule has 21 heteroatoms. The van der Waals surface area contributed by atoms with Gasteiger partial charge in [-0.1, -0.05) is 104 Å². The van der Waals surface area contributed by atoms with Crippen molar-refractivity contribution < 1.29 is 48.3 Å². The number of unbranched alkanes of at least 4 members (excludes halogenated alkanes) is 8. The Morgan fingerprint density at radius 2 is 1.17 bits per heavy atom. The highest BCUT2D eigenvalue weighted by Crippen LogP contribution is 2.20. The number of nitrogens with two attached hydrogens (primary N) is 1. The molecule has 8 amide bonds. The Balaban J connectivity index is 1.72. The number of carbonyl (C=O) groups is 9. The molecular weight excluding hydrogens is 927 g/mol. The molecule has 0 aliphatic rings. The monoisotopic (exact) mass is 1010 g/mol. The highest BCUT2D eigenvalue weighted by Gasteiger charge is 2.34. The predicted molar refractivity (Wildman–Crippen MR) is 271 cm³/mol. The van der Waals surface area contributed by atoms with Gasteiger partial charge in [-0.2, -0.15) is 0 Å². The van der Waals surface area contributed by atoms with Gasteiger partial charge in [-0.05, 0) is 56.6 Å². The van der Waals surface area contributed by atoms with Gasteiger partial charge in [0.2, 0.25) is 47.3 Å². The van der Waals surface area contributed by atoms with E-state index in [0.29, 0.717) is 17.7 Å². The van der Waals surface area contributed by atoms with Crippen molar-refractivity contribution in [1.82, 2.24) is 52.2 Å². The lowest BCUT2D eigenvalue weighted by Gasteiger charge is -2.27. The Bertz CT molecular complexity index is 2250. The van der Waals surface area contributed by atoms with E-state index < -0.39 is 108 Å². The predicted octanol–water partition coefficient (Wildman–Crippen LogP) is 3.08. The van der Waals surface area contributed by atoms with Crippen LogP contribution in [-0.4, -0.2) is 116 Å². The normalized spacial score (nSPS) is 14.2. The Morgan fingerprint density at radius 1 is 0.611 bits per heavy atom. The zero-order chi connectivity index (χ0) is 53.3. The maximum atomic E-state index is 14.1. The summed E-state index contributed by atoms with van der Waals surface area (Å²) in [5, 5.41) is 28.7. The third kappa shape index (κ3) is 20.9. The minimum atomic E-state index is -1.31. The van der Waals surface area contributed by atoms with Gasteiger partial charge in [0, 0.05) is 54.7 Å². The second-order valence-corrected chi connectivity index (χ2v) is 19.4. The van der Waals surface area contributed by atoms with Crippen molar-refractivity contribution in [2.45, 2.75) is 187 Å². The quantitative estimate of drug-likeness (QED) is 0.0386. The van der Waals surface area contributed by atoms with Gasteiger partial charge in [-0.25, -0.2) is 4.98 Å². The first-order valence-electron chi connectivity index (χ1n) is 25.3. The van der Waals surface area contributed by atoms with Crippen molar-refractivity contribution in [2.24, 2.45) is 17.6 Å². The van der Waals surface area contributed by atoms with Crippen LogP contribution >= 0.6 is 0 Å². The molecule has 2 heterocycles. The van der Waals surface area contributed by atoms with Gasteiger partial charge in [0.05, 0.1) is 6.33 Å². The molecular formula is C51H79N11O10. The van der Waals surface area contributed by atoms with Crippen LogP contribution in [0.15, 0.2) is 43.0 Å². The molecule has 21 nitrogen and oxygen atoms in total. The number of carboxylic acids is 1. The van der Waals surface area contributed by atoms with Gasteiger partial charge < -0.3 is 58.0 Å². The van der Waals surface area contributed by atoms with Gasteiger partial charge in [0.15, 0.2) is 0 Å². The van der Waals surface area contributed by atoms with Crippen LogP contribution in [0.1, 0.15) is 143 Å². The van der Waals surface area contributed by atoms with E-state index in [1.165, 1.54) is 52.1 Å². The van der Waals surface area contributed by atoms with E-state index >= 15 is 0 Å². The number of amides is 8. The standard InChI is InChI=1S/C51H79N11O10/c1-8-9-10-11-12-13-14-15-16-21-42(63)58-38(22-23-43(64)65)48(69)61-40(25-34-27-54-37-20-18-17-19-36(34)37)49(70)56-33(7)47(68)62-44(31(4)5)51(72)57-32(6)46(67)60-41(26-35-28-53-29-55-35)50(71)59-39(45(52)66)24-30(2)3/h17-20,27-33,38-41,44,54H,8-16,21-26H2,1-7H3,(H2,52,66)(H,53,55)(H,56,70)(H,57,72)(H,58,63)(H,59,71)(H,60,67)(H,61,69)(H,62,68)(H,64,65)/t32-,33+,38+,39+,40+,41+,44+/m1/s1. The number of rotatable bonds is 34. The number of para-hydroxylation sites is 1. The van der Waals surface area contributed by atoms with Crippen LogP contribution in [0.2, 0.25) is 0 Å². The SMILES string of the molecule is CCCCCCCCCCCC(=O)N[C@@H](CCC(=O)O)C(=O)N[C@@H](Cc1c[nH]c2ccccc12)C(=O)N[C@@H](C)C(=O)N[C@H](C(=O)N[C@H](C)C(=O)N[C@@H](Cc1cnc[nH]1)C(=O)N[C@@H](CC(C)C)C(N)=O)C(C)C. The molecule has 3 aromatic rings. The first kappa shape index (κ1) is 59.5. The molecule has 3 rings (SSSR count). The average Bonchev–Trinajstić information content (AvgIpc) is 4.00. The number of nitrogens with zero attached hydrogens (tertiary/aromatic N) is 1. The molecule has 0 saturated carbocycles. The Labute approximate surface area is 422 Å². The van der Waals surface area contributed by atoms with E-state index in [2.05, 4.69) is 59.1 Å². The zero-order valence-corrected chi connectivity index (χ0v) is 43.0. The van der Waals surface area contributed by atoms with Crippen molar-refractivity contribution in [1.29, 1.82) is 0 Å². The topological polar surface area (TPSA) is 329 Å². The van der Waals surface area contributed by atoms with Crippen molar-refractivity contribution >= 4 is 64.1 Å². The van der Waals surface area contributed by atoms with Crippen LogP contribution in [0.25, 0.3) is 10.9 Å². The first-order chi connectivity index (χ1) is 34.2. The van der Waals surface area contributed by atoms with Gasteiger partial charge >= 0.3 is 5.97 Å². The van der Waals surface area contributed by atoms with Gasteiger partial charge in [-0.15, -0.1) is 0 Å². The lowest BCUT2D eigenvalue weighted by Crippen LogP contribution is -2.60. The number of hydrogen-bond acceptors (Lipinski definition) is 10. The maximum Gasteiger partial charge on any atom is 0.303 e. The fourth-order valence-corrected chi connectivity index (χ4v) is 8.07. The molecule has 0 aliphatic carbocycles. The highest BCUT2D eigenvalue weighted by molar-refractivity contribution is 5.98. The summed E-state index contributed by atoms with van der Waals surface area (Å²) in [7, 11) is 0. The summed E-state index contributed by atoms with van der Waals surface area (Å²) in [6.45, 7) is 12.0. The van der Waals surface area contributed by atoms with Crippen LogP contribution in [0.3, 0.4) is 0 Å². The summed E-state index contributed by atoms with van der Waals surface area (Å²) in [4.78, 5) is 129. The minimum Gasteiger partial charge on any atom is -0.481 e. The lowest BCUT2D eigenvalue weighted by atomic mass is 10.0. The summed E-state index contributed by atoms with van der Waals surface area (Å²) in [5.74, 6) is -7.32. The van der Waals surface area contributed by atoms with Gasteiger partial charge in [-0.3, -0.25) is 43.2 Å². The van der Waals surface area contributed by atoms with Crippen molar-refractivity contribution in [3.63, 3.8) is 0 Å². The number of primary amides is 1. The molecule has 2 aromatic heterocycles. The largest absolute Gasteiger partial charge is 0.481 e. The third-order valence-corrected chi connectivity index (χ3v) is 12.3. The molecule has 0 saturated heterocycles. The molecule has 0 unspecified atom stereocenters. The molecule has 72 heavy (non-hydrogen) atoms. The number of carbonyl (C=O) groups excluding carboxylic acids is 8. The number of aromatic amines is 2. The van der Waals surface area contributed by atoms with Crippen LogP contribution in [0, 0.1) is 11.8 Å². The van der Waals surface area contributed by atoms with E-state index in [1.54, 1.807) is 20.0 Å². The molecule has 12 N–H and O–H groups in total.